The molecule has 0 aliphatic rings. The van der Waals surface area contributed by atoms with Crippen LogP contribution < -0.4 is 5.69 Å². The van der Waals surface area contributed by atoms with Crippen LogP contribution in [-0.4, -0.2) is 24.9 Å². The van der Waals surface area contributed by atoms with Crippen LogP contribution in [0.15, 0.2) is 16.9 Å². The highest BCUT2D eigenvalue weighted by molar-refractivity contribution is 6.36. The summed E-state index contributed by atoms with van der Waals surface area (Å²) in [5.74, 6) is -0.173. The quantitative estimate of drug-likeness (QED) is 0.936. The van der Waals surface area contributed by atoms with E-state index in [1.807, 2.05) is 6.92 Å². The normalized spacial score (nSPS) is 10.8. The molecule has 0 saturated carbocycles. The third kappa shape index (κ3) is 2.21. The third-order valence-corrected chi connectivity index (χ3v) is 2.92. The first kappa shape index (κ1) is 12.9. The van der Waals surface area contributed by atoms with Crippen LogP contribution in [0.3, 0.4) is 0 Å². The highest BCUT2D eigenvalue weighted by atomic mass is 35.5. The number of tetrazole rings is 1. The van der Waals surface area contributed by atoms with Crippen molar-refractivity contribution in [1.82, 2.24) is 19.8 Å². The van der Waals surface area contributed by atoms with Crippen LogP contribution in [0.1, 0.15) is 13.3 Å². The number of benzene rings is 1. The summed E-state index contributed by atoms with van der Waals surface area (Å²) in [4.78, 5) is 11.9. The molecule has 8 heteroatoms. The monoisotopic (exact) mass is 288 g/mol. The van der Waals surface area contributed by atoms with E-state index in [0.29, 0.717) is 6.54 Å². The van der Waals surface area contributed by atoms with E-state index in [9.17, 15) is 9.90 Å². The zero-order valence-electron chi connectivity index (χ0n) is 9.47. The molecule has 1 aromatic heterocycles. The third-order valence-electron chi connectivity index (χ3n) is 2.32. The second kappa shape index (κ2) is 4.99. The number of aromatic nitrogens is 4. The Balaban J connectivity index is 2.56. The minimum atomic E-state index is -0.416. The molecule has 0 atom stereocenters. The SMILES string of the molecule is CCCn1nnn(-c2cc(O)c(Cl)cc2Cl)c1=O. The van der Waals surface area contributed by atoms with Crippen molar-refractivity contribution in [2.75, 3.05) is 0 Å². The Morgan fingerprint density at radius 3 is 2.67 bits per heavy atom. The molecule has 1 aromatic carbocycles. The highest BCUT2D eigenvalue weighted by Gasteiger charge is 2.14. The van der Waals surface area contributed by atoms with Crippen LogP contribution in [0.2, 0.25) is 10.0 Å². The molecule has 0 amide bonds. The Morgan fingerprint density at radius 2 is 2.00 bits per heavy atom. The number of halogens is 2. The minimum Gasteiger partial charge on any atom is -0.506 e. The summed E-state index contributed by atoms with van der Waals surface area (Å²) in [6, 6.07) is 2.62. The van der Waals surface area contributed by atoms with E-state index in [2.05, 4.69) is 10.4 Å². The number of rotatable bonds is 3. The molecular weight excluding hydrogens is 279 g/mol. The van der Waals surface area contributed by atoms with Gasteiger partial charge in [0.15, 0.2) is 0 Å². The second-order valence-electron chi connectivity index (χ2n) is 3.65. The van der Waals surface area contributed by atoms with Gasteiger partial charge < -0.3 is 5.11 Å². The van der Waals surface area contributed by atoms with Gasteiger partial charge in [0.05, 0.1) is 15.7 Å². The molecule has 2 aromatic rings. The zero-order chi connectivity index (χ0) is 13.3. The van der Waals surface area contributed by atoms with E-state index < -0.39 is 5.69 Å². The fourth-order valence-corrected chi connectivity index (χ4v) is 1.93. The van der Waals surface area contributed by atoms with Crippen LogP contribution in [0.4, 0.5) is 0 Å². The molecule has 0 unspecified atom stereocenters. The van der Waals surface area contributed by atoms with Crippen molar-refractivity contribution in [2.45, 2.75) is 19.9 Å². The summed E-state index contributed by atoms with van der Waals surface area (Å²) in [5.41, 5.74) is -0.175. The number of nitrogens with zero attached hydrogens (tertiary/aromatic N) is 4. The lowest BCUT2D eigenvalue weighted by atomic mass is 10.3. The molecule has 18 heavy (non-hydrogen) atoms. The van der Waals surface area contributed by atoms with Gasteiger partial charge in [-0.2, -0.15) is 9.36 Å². The number of phenols is 1. The lowest BCUT2D eigenvalue weighted by Crippen LogP contribution is -2.24. The molecule has 2 rings (SSSR count). The van der Waals surface area contributed by atoms with E-state index in [-0.39, 0.29) is 21.5 Å². The predicted molar refractivity (Wildman–Crippen MR) is 67.6 cm³/mol. The highest BCUT2D eigenvalue weighted by Crippen LogP contribution is 2.31. The lowest BCUT2D eigenvalue weighted by Gasteiger charge is -2.04. The number of hydrogen-bond acceptors (Lipinski definition) is 4. The van der Waals surface area contributed by atoms with Crippen LogP contribution in [0, 0.1) is 0 Å². The zero-order valence-corrected chi connectivity index (χ0v) is 11.0. The molecule has 6 nitrogen and oxygen atoms in total. The standard InChI is InChI=1S/C10H10Cl2N4O2/c1-2-3-15-10(18)16(14-13-15)8-5-9(17)7(12)4-6(8)11/h4-5,17H,2-3H2,1H3. The molecule has 0 saturated heterocycles. The summed E-state index contributed by atoms with van der Waals surface area (Å²) in [6.45, 7) is 2.39. The Morgan fingerprint density at radius 1 is 1.28 bits per heavy atom. The molecule has 0 bridgehead atoms. The average molecular weight is 289 g/mol. The van der Waals surface area contributed by atoms with Gasteiger partial charge in [-0.25, -0.2) is 4.79 Å². The molecule has 0 fully saturated rings. The van der Waals surface area contributed by atoms with Gasteiger partial charge in [0.25, 0.3) is 0 Å². The predicted octanol–water partition coefficient (Wildman–Crippen LogP) is 1.85. The largest absolute Gasteiger partial charge is 0.506 e. The fourth-order valence-electron chi connectivity index (χ4n) is 1.47. The summed E-state index contributed by atoms with van der Waals surface area (Å²) in [6.07, 6.45) is 0.762. The van der Waals surface area contributed by atoms with Gasteiger partial charge >= 0.3 is 5.69 Å². The van der Waals surface area contributed by atoms with Crippen LogP contribution in [0.5, 0.6) is 5.75 Å². The summed E-state index contributed by atoms with van der Waals surface area (Å²) in [7, 11) is 0. The van der Waals surface area contributed by atoms with E-state index >= 15 is 0 Å². The second-order valence-corrected chi connectivity index (χ2v) is 4.47. The average Bonchev–Trinajstić information content (AvgIpc) is 2.67. The summed E-state index contributed by atoms with van der Waals surface area (Å²) >= 11 is 11.7. The van der Waals surface area contributed by atoms with Gasteiger partial charge in [0.2, 0.25) is 0 Å². The Labute approximate surface area is 112 Å². The van der Waals surface area contributed by atoms with E-state index in [1.54, 1.807) is 0 Å². The van der Waals surface area contributed by atoms with Crippen molar-refractivity contribution >= 4 is 23.2 Å². The van der Waals surface area contributed by atoms with Gasteiger partial charge in [-0.3, -0.25) is 0 Å². The molecule has 0 radical (unpaired) electrons. The molecule has 96 valence electrons. The van der Waals surface area contributed by atoms with Crippen molar-refractivity contribution in [2.24, 2.45) is 0 Å². The maximum absolute atomic E-state index is 11.9. The first-order chi connectivity index (χ1) is 8.54. The van der Waals surface area contributed by atoms with E-state index in [4.69, 9.17) is 23.2 Å². The van der Waals surface area contributed by atoms with Crippen LogP contribution in [-0.2, 0) is 6.54 Å². The van der Waals surface area contributed by atoms with E-state index in [0.717, 1.165) is 11.1 Å². The van der Waals surface area contributed by atoms with Crippen molar-refractivity contribution in [3.05, 3.63) is 32.7 Å². The van der Waals surface area contributed by atoms with Gasteiger partial charge in [-0.15, -0.1) is 0 Å². The molecule has 1 N–H and O–H groups in total. The van der Waals surface area contributed by atoms with Gasteiger partial charge in [-0.05, 0) is 22.9 Å². The van der Waals surface area contributed by atoms with Gasteiger partial charge in [-0.1, -0.05) is 30.1 Å². The van der Waals surface area contributed by atoms with Crippen LogP contribution in [0.25, 0.3) is 5.69 Å². The number of aryl methyl sites for hydroxylation is 1. The summed E-state index contributed by atoms with van der Waals surface area (Å²) < 4.78 is 2.25. The van der Waals surface area contributed by atoms with Gasteiger partial charge in [0, 0.05) is 12.6 Å². The Kier molecular flexibility index (Phi) is 3.58. The fraction of sp³-hybridized carbons (Fsp3) is 0.300. The molecule has 0 aliphatic heterocycles. The molecule has 0 aliphatic carbocycles. The van der Waals surface area contributed by atoms with Crippen LogP contribution >= 0.6 is 23.2 Å². The number of phenolic OH excluding ortho intramolecular Hbond substituents is 1. The minimum absolute atomic E-state index is 0.109. The Bertz CT molecular complexity index is 635. The molecular formula is C10H10Cl2N4O2. The molecule has 1 heterocycles. The van der Waals surface area contributed by atoms with Crippen molar-refractivity contribution in [1.29, 1.82) is 0 Å². The maximum atomic E-state index is 11.9. The Hall–Kier alpha value is -1.53. The maximum Gasteiger partial charge on any atom is 0.368 e. The van der Waals surface area contributed by atoms with Crippen molar-refractivity contribution < 1.29 is 5.11 Å². The first-order valence-electron chi connectivity index (χ1n) is 5.25. The summed E-state index contributed by atoms with van der Waals surface area (Å²) in [5, 5.41) is 17.3. The number of hydrogen-bond donors (Lipinski definition) is 1. The smallest absolute Gasteiger partial charge is 0.368 e. The van der Waals surface area contributed by atoms with Crippen molar-refractivity contribution in [3.63, 3.8) is 0 Å². The van der Waals surface area contributed by atoms with Gasteiger partial charge in [0.1, 0.15) is 5.75 Å². The lowest BCUT2D eigenvalue weighted by molar-refractivity contribution is 0.475. The number of aromatic hydroxyl groups is 1. The van der Waals surface area contributed by atoms with E-state index in [1.165, 1.54) is 16.8 Å². The first-order valence-corrected chi connectivity index (χ1v) is 6.01. The molecule has 0 spiro atoms. The topological polar surface area (TPSA) is 72.9 Å². The van der Waals surface area contributed by atoms with Crippen molar-refractivity contribution in [3.8, 4) is 11.4 Å².